The molecule has 1 saturated heterocycles. The van der Waals surface area contributed by atoms with E-state index in [2.05, 4.69) is 5.32 Å². The van der Waals surface area contributed by atoms with Gasteiger partial charge >= 0.3 is 0 Å². The van der Waals surface area contributed by atoms with Crippen LogP contribution in [-0.4, -0.2) is 25.7 Å². The second-order valence-electron chi connectivity index (χ2n) is 3.31. The molecule has 2 rings (SSSR count). The number of nitrogens with one attached hydrogen (secondary N) is 1. The first kappa shape index (κ1) is 13.0. The maximum Gasteiger partial charge on any atom is 0.241 e. The Morgan fingerprint density at radius 2 is 1.75 bits per heavy atom. The molecular weight excluding hydrogens is 252 g/mol. The molecule has 16 heavy (non-hydrogen) atoms. The van der Waals surface area contributed by atoms with E-state index in [1.807, 2.05) is 0 Å². The highest BCUT2D eigenvalue weighted by molar-refractivity contribution is 7.92. The first-order valence-electron chi connectivity index (χ1n) is 4.38. The fourth-order valence-corrected chi connectivity index (χ4v) is 3.01. The largest absolute Gasteiger partial charge is 0.336 e. The molecule has 1 heterocycles. The number of halogens is 1. The standard InChI is InChI=1S/C9H10N2O3S.ClH/c10-7-8(12)11-9(7)15(13,14)6-4-2-1-3-5-6;/h1-5,7,9H,10H2,(H,11,12);1H/t7-,9+;/m0./s1. The number of amides is 1. The zero-order chi connectivity index (χ0) is 11.1. The van der Waals surface area contributed by atoms with Gasteiger partial charge in [0.2, 0.25) is 15.7 Å². The van der Waals surface area contributed by atoms with E-state index < -0.39 is 27.2 Å². The molecule has 1 fully saturated rings. The highest BCUT2D eigenvalue weighted by Crippen LogP contribution is 2.20. The summed E-state index contributed by atoms with van der Waals surface area (Å²) in [5, 5.41) is 1.29. The molecule has 1 aliphatic heterocycles. The minimum atomic E-state index is -3.54. The van der Waals surface area contributed by atoms with E-state index in [1.54, 1.807) is 18.2 Å². The molecule has 0 spiro atoms. The minimum Gasteiger partial charge on any atom is -0.336 e. The molecular formula is C9H11ClN2O3S. The summed E-state index contributed by atoms with van der Waals surface area (Å²) in [6.07, 6.45) is 0. The van der Waals surface area contributed by atoms with Crippen molar-refractivity contribution in [2.75, 3.05) is 0 Å². The van der Waals surface area contributed by atoms with E-state index in [4.69, 9.17) is 5.73 Å². The highest BCUT2D eigenvalue weighted by Gasteiger charge is 2.45. The van der Waals surface area contributed by atoms with Crippen LogP contribution in [0, 0.1) is 0 Å². The van der Waals surface area contributed by atoms with Crippen LogP contribution in [0.2, 0.25) is 0 Å². The molecule has 0 bridgehead atoms. The van der Waals surface area contributed by atoms with Crippen LogP contribution < -0.4 is 11.1 Å². The number of β-lactam (4-membered cyclic amide) rings is 1. The molecule has 0 unspecified atom stereocenters. The Balaban J connectivity index is 0.00000128. The fraction of sp³-hybridized carbons (Fsp3) is 0.222. The van der Waals surface area contributed by atoms with Crippen LogP contribution >= 0.6 is 12.4 Å². The Morgan fingerprint density at radius 1 is 1.19 bits per heavy atom. The van der Waals surface area contributed by atoms with E-state index in [0.29, 0.717) is 0 Å². The van der Waals surface area contributed by atoms with Crippen molar-refractivity contribution in [3.63, 3.8) is 0 Å². The lowest BCUT2D eigenvalue weighted by Crippen LogP contribution is -2.69. The summed E-state index contributed by atoms with van der Waals surface area (Å²) in [6.45, 7) is 0. The smallest absolute Gasteiger partial charge is 0.241 e. The third-order valence-electron chi connectivity index (χ3n) is 2.32. The SMILES string of the molecule is Cl.N[C@H]1C(=O)N[C@@H]1S(=O)(=O)c1ccccc1. The maximum atomic E-state index is 11.9. The summed E-state index contributed by atoms with van der Waals surface area (Å²) in [5.74, 6) is -0.431. The van der Waals surface area contributed by atoms with Gasteiger partial charge in [0.25, 0.3) is 0 Å². The molecule has 7 heteroatoms. The predicted molar refractivity (Wildman–Crippen MR) is 60.8 cm³/mol. The van der Waals surface area contributed by atoms with Gasteiger partial charge in [-0.05, 0) is 12.1 Å². The second-order valence-corrected chi connectivity index (χ2v) is 5.38. The van der Waals surface area contributed by atoms with Crippen molar-refractivity contribution in [1.82, 2.24) is 5.32 Å². The summed E-state index contributed by atoms with van der Waals surface area (Å²) in [4.78, 5) is 11.0. The van der Waals surface area contributed by atoms with Gasteiger partial charge in [0.1, 0.15) is 6.04 Å². The number of carbonyl (C=O) groups excluding carboxylic acids is 1. The third-order valence-corrected chi connectivity index (χ3v) is 4.33. The van der Waals surface area contributed by atoms with Crippen LogP contribution in [-0.2, 0) is 14.6 Å². The van der Waals surface area contributed by atoms with Crippen molar-refractivity contribution >= 4 is 28.2 Å². The van der Waals surface area contributed by atoms with Crippen LogP contribution in [0.4, 0.5) is 0 Å². The van der Waals surface area contributed by atoms with Crippen LogP contribution in [0.5, 0.6) is 0 Å². The number of hydrogen-bond acceptors (Lipinski definition) is 4. The van der Waals surface area contributed by atoms with E-state index in [-0.39, 0.29) is 17.3 Å². The van der Waals surface area contributed by atoms with Gasteiger partial charge in [-0.15, -0.1) is 12.4 Å². The molecule has 3 N–H and O–H groups in total. The summed E-state index contributed by atoms with van der Waals surface area (Å²) < 4.78 is 23.8. The van der Waals surface area contributed by atoms with Crippen molar-refractivity contribution in [3.8, 4) is 0 Å². The highest BCUT2D eigenvalue weighted by atomic mass is 35.5. The van der Waals surface area contributed by atoms with Crippen molar-refractivity contribution in [3.05, 3.63) is 30.3 Å². The zero-order valence-corrected chi connectivity index (χ0v) is 9.79. The number of hydrogen-bond donors (Lipinski definition) is 2. The molecule has 0 radical (unpaired) electrons. The molecule has 1 aromatic rings. The topological polar surface area (TPSA) is 89.3 Å². The van der Waals surface area contributed by atoms with Crippen LogP contribution in [0.1, 0.15) is 0 Å². The average Bonchev–Trinajstić information content (AvgIpc) is 2.26. The third kappa shape index (κ3) is 1.91. The Bertz CT molecular complexity index is 489. The second kappa shape index (κ2) is 4.40. The Labute approximate surface area is 99.4 Å². The lowest BCUT2D eigenvalue weighted by Gasteiger charge is -2.33. The molecule has 2 atom stereocenters. The molecule has 1 aliphatic rings. The van der Waals surface area contributed by atoms with Gasteiger partial charge in [-0.3, -0.25) is 4.79 Å². The van der Waals surface area contributed by atoms with E-state index in [9.17, 15) is 13.2 Å². The van der Waals surface area contributed by atoms with Gasteiger partial charge < -0.3 is 11.1 Å². The molecule has 88 valence electrons. The monoisotopic (exact) mass is 262 g/mol. The minimum absolute atomic E-state index is 0. The molecule has 5 nitrogen and oxygen atoms in total. The van der Waals surface area contributed by atoms with Gasteiger partial charge in [0, 0.05) is 0 Å². The summed E-state index contributed by atoms with van der Waals surface area (Å²) in [5.41, 5.74) is 5.40. The Hall–Kier alpha value is -1.11. The summed E-state index contributed by atoms with van der Waals surface area (Å²) in [7, 11) is -3.54. The number of carbonyl (C=O) groups is 1. The van der Waals surface area contributed by atoms with Crippen molar-refractivity contribution in [1.29, 1.82) is 0 Å². The van der Waals surface area contributed by atoms with E-state index in [0.717, 1.165) is 0 Å². The van der Waals surface area contributed by atoms with Crippen molar-refractivity contribution in [2.24, 2.45) is 5.73 Å². The van der Waals surface area contributed by atoms with Crippen LogP contribution in [0.15, 0.2) is 35.2 Å². The van der Waals surface area contributed by atoms with Crippen LogP contribution in [0.25, 0.3) is 0 Å². The number of nitrogens with two attached hydrogens (primary N) is 1. The average molecular weight is 263 g/mol. The van der Waals surface area contributed by atoms with Gasteiger partial charge in [-0.25, -0.2) is 8.42 Å². The van der Waals surface area contributed by atoms with E-state index >= 15 is 0 Å². The van der Waals surface area contributed by atoms with Gasteiger partial charge in [-0.2, -0.15) is 0 Å². The van der Waals surface area contributed by atoms with E-state index in [1.165, 1.54) is 12.1 Å². The fourth-order valence-electron chi connectivity index (χ4n) is 1.39. The Morgan fingerprint density at radius 3 is 2.19 bits per heavy atom. The predicted octanol–water partition coefficient (Wildman–Crippen LogP) is -0.335. The summed E-state index contributed by atoms with van der Waals surface area (Å²) >= 11 is 0. The van der Waals surface area contributed by atoms with Gasteiger partial charge in [0.15, 0.2) is 5.37 Å². The number of benzene rings is 1. The van der Waals surface area contributed by atoms with Crippen molar-refractivity contribution < 1.29 is 13.2 Å². The lowest BCUT2D eigenvalue weighted by atomic mass is 10.2. The van der Waals surface area contributed by atoms with Crippen LogP contribution in [0.3, 0.4) is 0 Å². The molecule has 0 aliphatic carbocycles. The quantitative estimate of drug-likeness (QED) is 0.714. The number of rotatable bonds is 2. The number of sulfone groups is 1. The maximum absolute atomic E-state index is 11.9. The molecule has 1 amide bonds. The molecule has 0 aromatic heterocycles. The first-order chi connectivity index (χ1) is 7.03. The Kier molecular flexibility index (Phi) is 3.57. The van der Waals surface area contributed by atoms with Crippen molar-refractivity contribution in [2.45, 2.75) is 16.3 Å². The normalized spacial score (nSPS) is 23.9. The van der Waals surface area contributed by atoms with Gasteiger partial charge in [-0.1, -0.05) is 18.2 Å². The molecule has 1 aromatic carbocycles. The zero-order valence-electron chi connectivity index (χ0n) is 8.16. The molecule has 0 saturated carbocycles. The summed E-state index contributed by atoms with van der Waals surface area (Å²) in [6, 6.07) is 6.96. The first-order valence-corrected chi connectivity index (χ1v) is 5.93. The lowest BCUT2D eigenvalue weighted by molar-refractivity contribution is -0.128. The van der Waals surface area contributed by atoms with Gasteiger partial charge in [0.05, 0.1) is 4.90 Å².